The molecule has 2 rings (SSSR count). The maximum absolute atomic E-state index is 12.0. The number of likely N-dealkylation sites (tertiary alicyclic amines) is 1. The van der Waals surface area contributed by atoms with E-state index in [1.165, 1.54) is 12.8 Å². The molecule has 0 aromatic carbocycles. The first-order chi connectivity index (χ1) is 8.98. The summed E-state index contributed by atoms with van der Waals surface area (Å²) in [4.78, 5) is 24.4. The minimum absolute atomic E-state index is 0.0461. The number of carboxylic acids is 1. The Hall–Kier alpha value is -1.26. The summed E-state index contributed by atoms with van der Waals surface area (Å²) in [5.74, 6) is -0.265. The highest BCUT2D eigenvalue weighted by Gasteiger charge is 2.37. The van der Waals surface area contributed by atoms with E-state index in [-0.39, 0.29) is 12.5 Å². The van der Waals surface area contributed by atoms with Gasteiger partial charge in [-0.3, -0.25) is 4.79 Å². The van der Waals surface area contributed by atoms with Crippen molar-refractivity contribution < 1.29 is 14.7 Å². The molecule has 1 saturated carbocycles. The van der Waals surface area contributed by atoms with Gasteiger partial charge in [-0.15, -0.1) is 0 Å². The summed E-state index contributed by atoms with van der Waals surface area (Å²) in [5, 5.41) is 11.7. The number of carbonyl (C=O) groups is 2. The predicted octanol–water partition coefficient (Wildman–Crippen LogP) is 2.07. The Morgan fingerprint density at radius 3 is 2.47 bits per heavy atom. The van der Waals surface area contributed by atoms with Gasteiger partial charge < -0.3 is 15.3 Å². The van der Waals surface area contributed by atoms with Crippen molar-refractivity contribution in [3.63, 3.8) is 0 Å². The molecule has 108 valence electrons. The number of piperidine rings is 1. The van der Waals surface area contributed by atoms with E-state index in [1.807, 2.05) is 4.90 Å². The van der Waals surface area contributed by atoms with E-state index in [2.05, 4.69) is 12.2 Å². The number of nitrogens with one attached hydrogen (secondary N) is 1. The Morgan fingerprint density at radius 2 is 1.95 bits per heavy atom. The molecule has 0 spiro atoms. The van der Waals surface area contributed by atoms with Crippen molar-refractivity contribution in [2.45, 2.75) is 45.4 Å². The minimum Gasteiger partial charge on any atom is -0.481 e. The third-order valence-corrected chi connectivity index (χ3v) is 4.44. The van der Waals surface area contributed by atoms with Gasteiger partial charge in [0.15, 0.2) is 0 Å². The van der Waals surface area contributed by atoms with Crippen LogP contribution < -0.4 is 5.32 Å². The third-order valence-electron chi connectivity index (χ3n) is 4.44. The number of rotatable bonds is 5. The Bertz CT molecular complexity index is 345. The van der Waals surface area contributed by atoms with Crippen LogP contribution in [0, 0.1) is 11.3 Å². The van der Waals surface area contributed by atoms with E-state index < -0.39 is 5.97 Å². The first-order valence-corrected chi connectivity index (χ1v) is 7.23. The number of nitrogens with zero attached hydrogens (tertiary/aromatic N) is 1. The first kappa shape index (κ1) is 14.2. The maximum atomic E-state index is 12.0. The number of hydrogen-bond acceptors (Lipinski definition) is 2. The van der Waals surface area contributed by atoms with Crippen LogP contribution in [0.25, 0.3) is 0 Å². The molecule has 1 aliphatic heterocycles. The smallest absolute Gasteiger partial charge is 0.317 e. The summed E-state index contributed by atoms with van der Waals surface area (Å²) < 4.78 is 0. The van der Waals surface area contributed by atoms with Crippen LogP contribution in [0.4, 0.5) is 4.79 Å². The predicted molar refractivity (Wildman–Crippen MR) is 71.9 cm³/mol. The Balaban J connectivity index is 1.64. The van der Waals surface area contributed by atoms with Crippen LogP contribution in [-0.4, -0.2) is 41.6 Å². The molecule has 2 aliphatic rings. The molecule has 2 N–H and O–H groups in total. The topological polar surface area (TPSA) is 69.6 Å². The highest BCUT2D eigenvalue weighted by atomic mass is 16.4. The Labute approximate surface area is 114 Å². The van der Waals surface area contributed by atoms with Crippen molar-refractivity contribution in [1.29, 1.82) is 0 Å². The molecule has 2 amide bonds. The lowest BCUT2D eigenvalue weighted by molar-refractivity contribution is -0.137. The van der Waals surface area contributed by atoms with Gasteiger partial charge in [-0.1, -0.05) is 6.92 Å². The second-order valence-corrected chi connectivity index (χ2v) is 6.33. The van der Waals surface area contributed by atoms with E-state index >= 15 is 0 Å². The average molecular weight is 268 g/mol. The molecule has 0 atom stereocenters. The Morgan fingerprint density at radius 1 is 1.32 bits per heavy atom. The van der Waals surface area contributed by atoms with Gasteiger partial charge in [0, 0.05) is 26.1 Å². The molecule has 1 saturated heterocycles. The summed E-state index contributed by atoms with van der Waals surface area (Å²) in [6.07, 6.45) is 5.27. The summed E-state index contributed by atoms with van der Waals surface area (Å²) in [6.45, 7) is 4.50. The fourth-order valence-corrected chi connectivity index (χ4v) is 2.54. The van der Waals surface area contributed by atoms with Crippen LogP contribution in [0.15, 0.2) is 0 Å². The van der Waals surface area contributed by atoms with Gasteiger partial charge in [-0.25, -0.2) is 4.79 Å². The number of aliphatic carboxylic acids is 1. The molecule has 0 aromatic rings. The third kappa shape index (κ3) is 4.40. The van der Waals surface area contributed by atoms with Crippen molar-refractivity contribution in [3.8, 4) is 0 Å². The van der Waals surface area contributed by atoms with E-state index in [0.29, 0.717) is 11.3 Å². The minimum atomic E-state index is -0.724. The molecular weight excluding hydrogens is 244 g/mol. The lowest BCUT2D eigenvalue weighted by atomic mass is 9.92. The molecule has 5 nitrogen and oxygen atoms in total. The SMILES string of the molecule is CC1(CNC(=O)N2CCC(CCC(=O)O)CC2)CC1. The highest BCUT2D eigenvalue weighted by Crippen LogP contribution is 2.44. The number of carboxylic acid groups (broad SMARTS) is 1. The van der Waals surface area contributed by atoms with E-state index in [4.69, 9.17) is 5.11 Å². The molecule has 2 fully saturated rings. The molecule has 5 heteroatoms. The highest BCUT2D eigenvalue weighted by molar-refractivity contribution is 5.74. The van der Waals surface area contributed by atoms with Crippen molar-refractivity contribution in [2.75, 3.05) is 19.6 Å². The number of carbonyl (C=O) groups excluding carboxylic acids is 1. The lowest BCUT2D eigenvalue weighted by Crippen LogP contribution is -2.45. The summed E-state index contributed by atoms with van der Waals surface area (Å²) in [5.41, 5.74) is 0.343. The van der Waals surface area contributed by atoms with E-state index in [9.17, 15) is 9.59 Å². The molecule has 1 heterocycles. The summed E-state index contributed by atoms with van der Waals surface area (Å²) in [7, 11) is 0. The van der Waals surface area contributed by atoms with Crippen LogP contribution in [0.3, 0.4) is 0 Å². The average Bonchev–Trinajstić information content (AvgIpc) is 3.13. The van der Waals surface area contributed by atoms with Crippen LogP contribution >= 0.6 is 0 Å². The van der Waals surface area contributed by atoms with Crippen LogP contribution in [0.1, 0.15) is 45.4 Å². The van der Waals surface area contributed by atoms with Crippen LogP contribution in [-0.2, 0) is 4.79 Å². The molecule has 1 aliphatic carbocycles. The maximum Gasteiger partial charge on any atom is 0.317 e. The zero-order valence-electron chi connectivity index (χ0n) is 11.7. The van der Waals surface area contributed by atoms with Gasteiger partial charge in [0.2, 0.25) is 0 Å². The van der Waals surface area contributed by atoms with Crippen molar-refractivity contribution >= 4 is 12.0 Å². The lowest BCUT2D eigenvalue weighted by Gasteiger charge is -2.32. The second-order valence-electron chi connectivity index (χ2n) is 6.33. The second kappa shape index (κ2) is 5.80. The molecular formula is C14H24N2O3. The van der Waals surface area contributed by atoms with Gasteiger partial charge in [-0.2, -0.15) is 0 Å². The van der Waals surface area contributed by atoms with Gasteiger partial charge >= 0.3 is 12.0 Å². The van der Waals surface area contributed by atoms with Crippen molar-refractivity contribution in [1.82, 2.24) is 10.2 Å². The van der Waals surface area contributed by atoms with Gasteiger partial charge in [0.1, 0.15) is 0 Å². The monoisotopic (exact) mass is 268 g/mol. The van der Waals surface area contributed by atoms with E-state index in [0.717, 1.165) is 38.9 Å². The normalized spacial score (nSPS) is 22.1. The summed E-state index contributed by atoms with van der Waals surface area (Å²) in [6, 6.07) is 0.0461. The van der Waals surface area contributed by atoms with Gasteiger partial charge in [0.25, 0.3) is 0 Å². The standard InChI is InChI=1S/C14H24N2O3/c1-14(6-7-14)10-15-13(19)16-8-4-11(5-9-16)2-3-12(17)18/h11H,2-10H2,1H3,(H,15,19)(H,17,18). The molecule has 0 radical (unpaired) electrons. The number of amides is 2. The number of urea groups is 1. The van der Waals surface area contributed by atoms with Crippen LogP contribution in [0.2, 0.25) is 0 Å². The van der Waals surface area contributed by atoms with Gasteiger partial charge in [0.05, 0.1) is 0 Å². The zero-order chi connectivity index (χ0) is 13.9. The van der Waals surface area contributed by atoms with Gasteiger partial charge in [-0.05, 0) is 43.4 Å². The quantitative estimate of drug-likeness (QED) is 0.802. The fourth-order valence-electron chi connectivity index (χ4n) is 2.54. The van der Waals surface area contributed by atoms with Crippen LogP contribution in [0.5, 0.6) is 0 Å². The largest absolute Gasteiger partial charge is 0.481 e. The Kier molecular flexibility index (Phi) is 4.32. The first-order valence-electron chi connectivity index (χ1n) is 7.23. The van der Waals surface area contributed by atoms with E-state index in [1.54, 1.807) is 0 Å². The zero-order valence-corrected chi connectivity index (χ0v) is 11.7. The molecule has 0 unspecified atom stereocenters. The molecule has 0 bridgehead atoms. The van der Waals surface area contributed by atoms with Crippen molar-refractivity contribution in [3.05, 3.63) is 0 Å². The number of hydrogen-bond donors (Lipinski definition) is 2. The molecule has 19 heavy (non-hydrogen) atoms. The summed E-state index contributed by atoms with van der Waals surface area (Å²) >= 11 is 0. The van der Waals surface area contributed by atoms with Crippen molar-refractivity contribution in [2.24, 2.45) is 11.3 Å². The molecule has 0 aromatic heterocycles. The fraction of sp³-hybridized carbons (Fsp3) is 0.857.